The zero-order valence-electron chi connectivity index (χ0n) is 9.85. The van der Waals surface area contributed by atoms with Crippen LogP contribution in [-0.2, 0) is 17.6 Å². The molecule has 0 saturated heterocycles. The van der Waals surface area contributed by atoms with Gasteiger partial charge in [-0.05, 0) is 42.4 Å². The lowest BCUT2D eigenvalue weighted by atomic mass is 10.0. The van der Waals surface area contributed by atoms with E-state index in [2.05, 4.69) is 11.0 Å². The van der Waals surface area contributed by atoms with Crippen LogP contribution >= 0.6 is 0 Å². The average molecular weight is 231 g/mol. The van der Waals surface area contributed by atoms with Crippen LogP contribution < -0.4 is 4.90 Å². The third-order valence-electron chi connectivity index (χ3n) is 3.74. The van der Waals surface area contributed by atoms with Crippen molar-refractivity contribution in [1.29, 1.82) is 0 Å². The summed E-state index contributed by atoms with van der Waals surface area (Å²) in [6, 6.07) is 6.08. The Labute approximate surface area is 101 Å². The second kappa shape index (κ2) is 4.06. The van der Waals surface area contributed by atoms with Crippen LogP contribution in [0.2, 0.25) is 0 Å². The van der Waals surface area contributed by atoms with E-state index in [4.69, 9.17) is 5.11 Å². The first-order valence-electron chi connectivity index (χ1n) is 6.31. The fourth-order valence-electron chi connectivity index (χ4n) is 2.70. The first-order chi connectivity index (χ1) is 8.24. The standard InChI is InChI=1S/C14H17NO2/c16-14(17)8-11-2-1-3-13-12(11)6-7-15(13)9-10-4-5-10/h1-3,10H,4-9H2,(H,16,17). The molecule has 0 amide bonds. The number of carbonyl (C=O) groups is 1. The van der Waals surface area contributed by atoms with Gasteiger partial charge in [0.05, 0.1) is 6.42 Å². The molecule has 1 aromatic rings. The molecule has 1 aliphatic carbocycles. The van der Waals surface area contributed by atoms with E-state index in [1.165, 1.54) is 24.1 Å². The minimum Gasteiger partial charge on any atom is -0.481 e. The first kappa shape index (κ1) is 10.6. The summed E-state index contributed by atoms with van der Waals surface area (Å²) in [5.74, 6) is 0.142. The number of carboxylic acids is 1. The molecule has 0 aromatic heterocycles. The van der Waals surface area contributed by atoms with Crippen LogP contribution in [0.5, 0.6) is 0 Å². The molecule has 1 fully saturated rings. The van der Waals surface area contributed by atoms with Gasteiger partial charge in [0, 0.05) is 18.8 Å². The van der Waals surface area contributed by atoms with Gasteiger partial charge < -0.3 is 10.0 Å². The number of benzene rings is 1. The molecule has 3 rings (SSSR count). The molecule has 1 heterocycles. The van der Waals surface area contributed by atoms with Crippen molar-refractivity contribution in [3.05, 3.63) is 29.3 Å². The highest BCUT2D eigenvalue weighted by molar-refractivity contribution is 5.73. The van der Waals surface area contributed by atoms with E-state index in [9.17, 15) is 4.79 Å². The molecule has 2 aliphatic rings. The fourth-order valence-corrected chi connectivity index (χ4v) is 2.70. The molecule has 0 unspecified atom stereocenters. The zero-order chi connectivity index (χ0) is 11.8. The Kier molecular flexibility index (Phi) is 2.54. The summed E-state index contributed by atoms with van der Waals surface area (Å²) < 4.78 is 0. The summed E-state index contributed by atoms with van der Waals surface area (Å²) in [6.07, 6.45) is 3.88. The zero-order valence-corrected chi connectivity index (χ0v) is 9.85. The van der Waals surface area contributed by atoms with Gasteiger partial charge >= 0.3 is 5.97 Å². The molecule has 17 heavy (non-hydrogen) atoms. The molecule has 1 saturated carbocycles. The summed E-state index contributed by atoms with van der Waals surface area (Å²) in [7, 11) is 0. The van der Waals surface area contributed by atoms with E-state index >= 15 is 0 Å². The lowest BCUT2D eigenvalue weighted by Crippen LogP contribution is -2.22. The monoisotopic (exact) mass is 231 g/mol. The van der Waals surface area contributed by atoms with Crippen LogP contribution in [0.25, 0.3) is 0 Å². The van der Waals surface area contributed by atoms with Crippen molar-refractivity contribution in [2.45, 2.75) is 25.7 Å². The van der Waals surface area contributed by atoms with Gasteiger partial charge in [0.2, 0.25) is 0 Å². The number of hydrogen-bond acceptors (Lipinski definition) is 2. The van der Waals surface area contributed by atoms with Gasteiger partial charge in [-0.2, -0.15) is 0 Å². The van der Waals surface area contributed by atoms with Crippen molar-refractivity contribution >= 4 is 11.7 Å². The minimum atomic E-state index is -0.737. The smallest absolute Gasteiger partial charge is 0.307 e. The maximum absolute atomic E-state index is 10.8. The Bertz CT molecular complexity index is 452. The summed E-state index contributed by atoms with van der Waals surface area (Å²) in [5.41, 5.74) is 3.53. The second-order valence-electron chi connectivity index (χ2n) is 5.12. The molecule has 0 spiro atoms. The summed E-state index contributed by atoms with van der Waals surface area (Å²) in [6.45, 7) is 2.21. The number of fused-ring (bicyclic) bond motifs is 1. The quantitative estimate of drug-likeness (QED) is 0.862. The largest absolute Gasteiger partial charge is 0.481 e. The summed E-state index contributed by atoms with van der Waals surface area (Å²) in [5, 5.41) is 8.91. The van der Waals surface area contributed by atoms with Gasteiger partial charge in [0.15, 0.2) is 0 Å². The molecule has 3 nitrogen and oxygen atoms in total. The Morgan fingerprint density at radius 3 is 2.94 bits per heavy atom. The number of aliphatic carboxylic acids is 1. The Hall–Kier alpha value is -1.51. The van der Waals surface area contributed by atoms with Gasteiger partial charge in [-0.15, -0.1) is 0 Å². The molecule has 1 aromatic carbocycles. The van der Waals surface area contributed by atoms with Crippen LogP contribution in [-0.4, -0.2) is 24.2 Å². The molecule has 0 radical (unpaired) electrons. The van der Waals surface area contributed by atoms with E-state index in [0.717, 1.165) is 31.0 Å². The number of rotatable bonds is 4. The molecule has 0 atom stereocenters. The van der Waals surface area contributed by atoms with Gasteiger partial charge in [0.1, 0.15) is 0 Å². The number of nitrogens with zero attached hydrogens (tertiary/aromatic N) is 1. The van der Waals surface area contributed by atoms with Crippen molar-refractivity contribution in [2.24, 2.45) is 5.92 Å². The van der Waals surface area contributed by atoms with Crippen molar-refractivity contribution in [2.75, 3.05) is 18.0 Å². The SMILES string of the molecule is O=C(O)Cc1cccc2c1CCN2CC1CC1. The van der Waals surface area contributed by atoms with Crippen LogP contribution in [0.4, 0.5) is 5.69 Å². The summed E-state index contributed by atoms with van der Waals surface area (Å²) >= 11 is 0. The number of hydrogen-bond donors (Lipinski definition) is 1. The highest BCUT2D eigenvalue weighted by Gasteiger charge is 2.28. The lowest BCUT2D eigenvalue weighted by molar-refractivity contribution is -0.136. The molecule has 3 heteroatoms. The second-order valence-corrected chi connectivity index (χ2v) is 5.12. The average Bonchev–Trinajstić information content (AvgIpc) is 2.99. The maximum atomic E-state index is 10.8. The number of carboxylic acid groups (broad SMARTS) is 1. The lowest BCUT2D eigenvalue weighted by Gasteiger charge is -2.19. The molecule has 0 bridgehead atoms. The van der Waals surface area contributed by atoms with Gasteiger partial charge in [-0.1, -0.05) is 12.1 Å². The van der Waals surface area contributed by atoms with Gasteiger partial charge in [-0.3, -0.25) is 4.79 Å². The first-order valence-corrected chi connectivity index (χ1v) is 6.31. The molecule has 1 aliphatic heterocycles. The third-order valence-corrected chi connectivity index (χ3v) is 3.74. The predicted molar refractivity (Wildman–Crippen MR) is 66.4 cm³/mol. The molecular formula is C14H17NO2. The van der Waals surface area contributed by atoms with Crippen molar-refractivity contribution in [1.82, 2.24) is 0 Å². The molecule has 90 valence electrons. The van der Waals surface area contributed by atoms with Crippen molar-refractivity contribution in [3.63, 3.8) is 0 Å². The normalized spacial score (nSPS) is 18.2. The van der Waals surface area contributed by atoms with E-state index < -0.39 is 5.97 Å². The summed E-state index contributed by atoms with van der Waals surface area (Å²) in [4.78, 5) is 13.3. The van der Waals surface area contributed by atoms with E-state index in [1.54, 1.807) is 0 Å². The minimum absolute atomic E-state index is 0.153. The van der Waals surface area contributed by atoms with Gasteiger partial charge in [0.25, 0.3) is 0 Å². The van der Waals surface area contributed by atoms with Crippen LogP contribution in [0.15, 0.2) is 18.2 Å². The van der Waals surface area contributed by atoms with Crippen LogP contribution in [0, 0.1) is 5.92 Å². The van der Waals surface area contributed by atoms with Gasteiger partial charge in [-0.25, -0.2) is 0 Å². The Morgan fingerprint density at radius 2 is 2.24 bits per heavy atom. The molecule has 1 N–H and O–H groups in total. The molecular weight excluding hydrogens is 214 g/mol. The van der Waals surface area contributed by atoms with Crippen LogP contribution in [0.3, 0.4) is 0 Å². The van der Waals surface area contributed by atoms with E-state index in [1.807, 2.05) is 12.1 Å². The maximum Gasteiger partial charge on any atom is 0.307 e. The van der Waals surface area contributed by atoms with Crippen molar-refractivity contribution < 1.29 is 9.90 Å². The Balaban J connectivity index is 1.85. The van der Waals surface area contributed by atoms with E-state index in [-0.39, 0.29) is 6.42 Å². The number of anilines is 1. The van der Waals surface area contributed by atoms with Crippen molar-refractivity contribution in [3.8, 4) is 0 Å². The van der Waals surface area contributed by atoms with E-state index in [0.29, 0.717) is 0 Å². The van der Waals surface area contributed by atoms with Crippen LogP contribution in [0.1, 0.15) is 24.0 Å². The fraction of sp³-hybridized carbons (Fsp3) is 0.500. The predicted octanol–water partition coefficient (Wildman–Crippen LogP) is 2.09. The third kappa shape index (κ3) is 2.14. The Morgan fingerprint density at radius 1 is 1.41 bits per heavy atom. The highest BCUT2D eigenvalue weighted by Crippen LogP contribution is 2.36. The topological polar surface area (TPSA) is 40.5 Å². The highest BCUT2D eigenvalue weighted by atomic mass is 16.4.